The molecule has 0 saturated carbocycles. The lowest BCUT2D eigenvalue weighted by atomic mass is 10.3. The van der Waals surface area contributed by atoms with Crippen molar-refractivity contribution in [2.75, 3.05) is 0 Å². The van der Waals surface area contributed by atoms with E-state index >= 15 is 0 Å². The van der Waals surface area contributed by atoms with Crippen molar-refractivity contribution in [1.29, 1.82) is 0 Å². The fourth-order valence-corrected chi connectivity index (χ4v) is 1.43. The average Bonchev–Trinajstić information content (AvgIpc) is 2.83. The number of hydrogen-bond donors (Lipinski definition) is 3. The highest BCUT2D eigenvalue weighted by Gasteiger charge is 2.08. The number of fused-ring (bicyclic) bond motifs is 1. The van der Waals surface area contributed by atoms with Gasteiger partial charge < -0.3 is 10.2 Å². The maximum atomic E-state index is 9.09. The summed E-state index contributed by atoms with van der Waals surface area (Å²) in [5.41, 5.74) is 0. The van der Waals surface area contributed by atoms with Crippen molar-refractivity contribution in [3.8, 4) is 11.8 Å². The summed E-state index contributed by atoms with van der Waals surface area (Å²) >= 11 is 0. The fraction of sp³-hybridized carbons (Fsp3) is 0. The van der Waals surface area contributed by atoms with E-state index in [2.05, 4.69) is 24.9 Å². The third-order valence-electron chi connectivity index (χ3n) is 2.18. The summed E-state index contributed by atoms with van der Waals surface area (Å²) < 4.78 is 0. The Morgan fingerprint density at radius 1 is 1.06 bits per heavy atom. The largest absolute Gasteiger partial charge is 0.491 e. The van der Waals surface area contributed by atoms with Crippen LogP contribution < -0.4 is 10.7 Å². The number of rotatable bonds is 1. The number of para-hydroxylation sites is 2. The molecule has 2 heterocycles. The second kappa shape index (κ2) is 3.41. The van der Waals surface area contributed by atoms with Crippen LogP contribution in [0.2, 0.25) is 0 Å². The lowest BCUT2D eigenvalue weighted by molar-refractivity contribution is 0.386. The van der Waals surface area contributed by atoms with Crippen molar-refractivity contribution in [3.63, 3.8) is 0 Å². The van der Waals surface area contributed by atoms with Crippen LogP contribution in [0.5, 0.6) is 11.8 Å². The molecule has 84 valence electrons. The SMILES string of the molecule is Oc1nc(N=C2N=c3ccccc3=N2)[nH]c1O. The van der Waals surface area contributed by atoms with Gasteiger partial charge in [0.2, 0.25) is 5.95 Å². The first kappa shape index (κ1) is 9.52. The molecule has 0 saturated heterocycles. The van der Waals surface area contributed by atoms with Crippen LogP contribution in [0.25, 0.3) is 0 Å². The molecule has 7 nitrogen and oxygen atoms in total. The molecule has 1 aliphatic heterocycles. The number of aromatic amines is 1. The zero-order valence-electron chi connectivity index (χ0n) is 8.49. The second-order valence-corrected chi connectivity index (χ2v) is 3.36. The number of aromatic hydroxyl groups is 2. The second-order valence-electron chi connectivity index (χ2n) is 3.36. The van der Waals surface area contributed by atoms with Gasteiger partial charge in [0.25, 0.3) is 17.7 Å². The number of guanidine groups is 1. The van der Waals surface area contributed by atoms with Crippen LogP contribution >= 0.6 is 0 Å². The molecule has 0 atom stereocenters. The molecule has 0 aliphatic carbocycles. The van der Waals surface area contributed by atoms with Gasteiger partial charge in [0.15, 0.2) is 0 Å². The van der Waals surface area contributed by atoms with Crippen LogP contribution in [0, 0.1) is 0 Å². The molecular formula is C10H7N5O2. The van der Waals surface area contributed by atoms with Gasteiger partial charge in [-0.2, -0.15) is 9.98 Å². The number of imidazole rings is 1. The van der Waals surface area contributed by atoms with Gasteiger partial charge in [-0.3, -0.25) is 4.98 Å². The van der Waals surface area contributed by atoms with E-state index in [1.165, 1.54) is 0 Å². The molecular weight excluding hydrogens is 222 g/mol. The highest BCUT2D eigenvalue weighted by atomic mass is 16.3. The van der Waals surface area contributed by atoms with Gasteiger partial charge in [0.05, 0.1) is 10.7 Å². The van der Waals surface area contributed by atoms with Gasteiger partial charge in [0, 0.05) is 0 Å². The Hall–Kier alpha value is -2.70. The standard InChI is InChI=1S/C10H7N5O2/c16-7-8(17)14-10(13-7)15-9-11-5-3-1-2-4-6(5)12-9/h1-4,16-17H,(H,13,14). The molecule has 7 heteroatoms. The fourth-order valence-electron chi connectivity index (χ4n) is 1.43. The van der Waals surface area contributed by atoms with Crippen LogP contribution in [0.1, 0.15) is 0 Å². The van der Waals surface area contributed by atoms with Crippen LogP contribution in [0.3, 0.4) is 0 Å². The van der Waals surface area contributed by atoms with Crippen LogP contribution in [-0.4, -0.2) is 26.1 Å². The molecule has 0 amide bonds. The van der Waals surface area contributed by atoms with Gasteiger partial charge in [-0.05, 0) is 12.1 Å². The summed E-state index contributed by atoms with van der Waals surface area (Å²) in [4.78, 5) is 18.2. The van der Waals surface area contributed by atoms with E-state index in [-0.39, 0.29) is 11.9 Å². The van der Waals surface area contributed by atoms with Crippen LogP contribution in [0.4, 0.5) is 5.95 Å². The number of nitrogens with zero attached hydrogens (tertiary/aromatic N) is 4. The Labute approximate surface area is 94.6 Å². The van der Waals surface area contributed by atoms with E-state index in [9.17, 15) is 0 Å². The zero-order chi connectivity index (χ0) is 11.8. The third kappa shape index (κ3) is 1.63. The molecule has 3 rings (SSSR count). The maximum absolute atomic E-state index is 9.09. The minimum Gasteiger partial charge on any atom is -0.491 e. The normalized spacial score (nSPS) is 12.8. The first-order valence-electron chi connectivity index (χ1n) is 4.81. The average molecular weight is 229 g/mol. The number of nitrogens with one attached hydrogen (secondary N) is 1. The molecule has 0 spiro atoms. The Morgan fingerprint density at radius 3 is 2.24 bits per heavy atom. The number of benzene rings is 1. The predicted molar refractivity (Wildman–Crippen MR) is 57.8 cm³/mol. The molecule has 1 aromatic heterocycles. The Morgan fingerprint density at radius 2 is 1.71 bits per heavy atom. The van der Waals surface area contributed by atoms with E-state index in [0.717, 1.165) is 10.7 Å². The van der Waals surface area contributed by atoms with E-state index in [0.29, 0.717) is 0 Å². The van der Waals surface area contributed by atoms with Gasteiger partial charge in [-0.1, -0.05) is 12.1 Å². The van der Waals surface area contributed by atoms with Crippen molar-refractivity contribution in [2.45, 2.75) is 0 Å². The molecule has 0 radical (unpaired) electrons. The predicted octanol–water partition coefficient (Wildman–Crippen LogP) is -0.239. The molecule has 3 N–H and O–H groups in total. The van der Waals surface area contributed by atoms with Crippen molar-refractivity contribution < 1.29 is 10.2 Å². The van der Waals surface area contributed by atoms with Crippen molar-refractivity contribution in [1.82, 2.24) is 9.97 Å². The summed E-state index contributed by atoms with van der Waals surface area (Å²) in [5.74, 6) is -0.657. The number of hydrogen-bond acceptors (Lipinski definition) is 4. The Kier molecular flexibility index (Phi) is 1.91. The number of aromatic nitrogens is 2. The number of aliphatic imine (C=N–C) groups is 1. The van der Waals surface area contributed by atoms with Gasteiger partial charge in [-0.25, -0.2) is 9.98 Å². The molecule has 0 fully saturated rings. The first-order chi connectivity index (χ1) is 8.22. The summed E-state index contributed by atoms with van der Waals surface area (Å²) in [6, 6.07) is 7.34. The summed E-state index contributed by atoms with van der Waals surface area (Å²) in [7, 11) is 0. The molecule has 17 heavy (non-hydrogen) atoms. The minimum atomic E-state index is -0.500. The van der Waals surface area contributed by atoms with Crippen molar-refractivity contribution in [2.24, 2.45) is 15.0 Å². The van der Waals surface area contributed by atoms with E-state index in [1.54, 1.807) is 0 Å². The topological polar surface area (TPSA) is 106 Å². The summed E-state index contributed by atoms with van der Waals surface area (Å²) in [6.45, 7) is 0. The third-order valence-corrected chi connectivity index (χ3v) is 2.18. The molecule has 2 aromatic rings. The Bertz CT molecular complexity index is 675. The lowest BCUT2D eigenvalue weighted by Crippen LogP contribution is -2.19. The quantitative estimate of drug-likeness (QED) is 0.628. The summed E-state index contributed by atoms with van der Waals surface area (Å²) in [6.07, 6.45) is 0. The minimum absolute atomic E-state index is 0.0512. The molecule has 0 bridgehead atoms. The van der Waals surface area contributed by atoms with E-state index < -0.39 is 11.8 Å². The highest BCUT2D eigenvalue weighted by Crippen LogP contribution is 2.23. The first-order valence-corrected chi connectivity index (χ1v) is 4.81. The molecule has 0 unspecified atom stereocenters. The van der Waals surface area contributed by atoms with E-state index in [1.807, 2.05) is 24.3 Å². The molecule has 1 aromatic carbocycles. The van der Waals surface area contributed by atoms with Gasteiger partial charge in [0.1, 0.15) is 0 Å². The smallest absolute Gasteiger partial charge is 0.276 e. The van der Waals surface area contributed by atoms with Crippen molar-refractivity contribution >= 4 is 11.9 Å². The van der Waals surface area contributed by atoms with Gasteiger partial charge >= 0.3 is 0 Å². The Balaban J connectivity index is 2.06. The van der Waals surface area contributed by atoms with Crippen LogP contribution in [-0.2, 0) is 0 Å². The van der Waals surface area contributed by atoms with Gasteiger partial charge in [-0.15, -0.1) is 0 Å². The lowest BCUT2D eigenvalue weighted by Gasteiger charge is -1.84. The highest BCUT2D eigenvalue weighted by molar-refractivity contribution is 5.84. The molecule has 1 aliphatic rings. The summed E-state index contributed by atoms with van der Waals surface area (Å²) in [5, 5.41) is 19.6. The zero-order valence-corrected chi connectivity index (χ0v) is 8.49. The number of H-pyrrole nitrogens is 1. The van der Waals surface area contributed by atoms with Crippen molar-refractivity contribution in [3.05, 3.63) is 35.0 Å². The maximum Gasteiger partial charge on any atom is 0.276 e. The van der Waals surface area contributed by atoms with E-state index in [4.69, 9.17) is 10.2 Å². The monoisotopic (exact) mass is 229 g/mol. The van der Waals surface area contributed by atoms with Crippen LogP contribution in [0.15, 0.2) is 39.2 Å².